The van der Waals surface area contributed by atoms with Gasteiger partial charge in [0.15, 0.2) is 0 Å². The topological polar surface area (TPSA) is 39.1 Å². The molecule has 0 spiro atoms. The van der Waals surface area contributed by atoms with Crippen molar-refractivity contribution in [3.63, 3.8) is 0 Å². The molecular weight excluding hydrogens is 338 g/mol. The van der Waals surface area contributed by atoms with E-state index in [4.69, 9.17) is 4.74 Å². The molecule has 0 aromatic carbocycles. The van der Waals surface area contributed by atoms with Crippen LogP contribution >= 0.6 is 27.3 Å². The van der Waals surface area contributed by atoms with Crippen molar-refractivity contribution >= 4 is 33.2 Å². The van der Waals surface area contributed by atoms with Crippen LogP contribution in [0.25, 0.3) is 0 Å². The van der Waals surface area contributed by atoms with E-state index in [2.05, 4.69) is 48.4 Å². The van der Waals surface area contributed by atoms with Crippen LogP contribution in [0.2, 0.25) is 0 Å². The molecule has 110 valence electrons. The minimum atomic E-state index is 0.779. The fourth-order valence-electron chi connectivity index (χ4n) is 1.95. The van der Waals surface area contributed by atoms with Crippen LogP contribution in [0.5, 0.6) is 0 Å². The van der Waals surface area contributed by atoms with Gasteiger partial charge in [0.05, 0.1) is 12.2 Å². The molecule has 0 aliphatic heterocycles. The van der Waals surface area contributed by atoms with E-state index in [1.54, 1.807) is 11.3 Å². The Labute approximate surface area is 132 Å². The molecule has 2 aromatic rings. The Morgan fingerprint density at radius 3 is 3.05 bits per heavy atom. The molecule has 6 heteroatoms. The van der Waals surface area contributed by atoms with E-state index >= 15 is 0 Å². The van der Waals surface area contributed by atoms with Gasteiger partial charge < -0.3 is 14.6 Å². The first-order valence-corrected chi connectivity index (χ1v) is 8.44. The third-order valence-corrected chi connectivity index (χ3v) is 4.53. The van der Waals surface area contributed by atoms with Crippen molar-refractivity contribution in [2.45, 2.75) is 33.4 Å². The molecule has 2 heterocycles. The van der Waals surface area contributed by atoms with Crippen LogP contribution in [-0.2, 0) is 17.8 Å². The van der Waals surface area contributed by atoms with Gasteiger partial charge in [-0.15, -0.1) is 11.3 Å². The van der Waals surface area contributed by atoms with Crippen molar-refractivity contribution < 1.29 is 4.74 Å². The molecule has 0 bridgehead atoms. The van der Waals surface area contributed by atoms with E-state index in [-0.39, 0.29) is 0 Å². The first-order valence-electron chi connectivity index (χ1n) is 6.77. The maximum absolute atomic E-state index is 5.38. The predicted molar refractivity (Wildman–Crippen MR) is 87.4 cm³/mol. The molecule has 0 amide bonds. The number of nitrogens with one attached hydrogen (secondary N) is 1. The number of aryl methyl sites for hydroxylation is 2. The lowest BCUT2D eigenvalue weighted by Gasteiger charge is -2.09. The number of thiophene rings is 1. The van der Waals surface area contributed by atoms with E-state index in [9.17, 15) is 0 Å². The molecule has 0 aliphatic rings. The molecule has 2 aromatic heterocycles. The summed E-state index contributed by atoms with van der Waals surface area (Å²) in [4.78, 5) is 5.83. The minimum Gasteiger partial charge on any atom is -0.382 e. The molecule has 0 saturated heterocycles. The fourth-order valence-corrected chi connectivity index (χ4v) is 3.34. The van der Waals surface area contributed by atoms with Crippen molar-refractivity contribution in [3.8, 4) is 0 Å². The standard InChI is InChI=1S/C14H20BrN3OS/c1-3-19-6-4-5-18-9-11(2)17-14(18)16-8-13-7-12(15)10-20-13/h7,9-10H,3-6,8H2,1-2H3,(H,16,17). The van der Waals surface area contributed by atoms with Crippen molar-refractivity contribution in [3.05, 3.63) is 32.7 Å². The zero-order valence-electron chi connectivity index (χ0n) is 11.9. The van der Waals surface area contributed by atoms with Gasteiger partial charge >= 0.3 is 0 Å². The molecule has 2 rings (SSSR count). The molecule has 4 nitrogen and oxygen atoms in total. The lowest BCUT2D eigenvalue weighted by Crippen LogP contribution is -2.08. The second kappa shape index (κ2) is 7.81. The maximum Gasteiger partial charge on any atom is 0.203 e. The average molecular weight is 358 g/mol. The average Bonchev–Trinajstić information content (AvgIpc) is 2.98. The van der Waals surface area contributed by atoms with Crippen molar-refractivity contribution in [2.75, 3.05) is 18.5 Å². The van der Waals surface area contributed by atoms with E-state index in [0.717, 1.165) is 48.8 Å². The summed E-state index contributed by atoms with van der Waals surface area (Å²) in [6, 6.07) is 2.13. The molecular formula is C14H20BrN3OS. The van der Waals surface area contributed by atoms with Crippen LogP contribution in [-0.4, -0.2) is 22.8 Å². The van der Waals surface area contributed by atoms with E-state index in [1.807, 2.05) is 13.8 Å². The number of rotatable bonds is 8. The largest absolute Gasteiger partial charge is 0.382 e. The number of halogens is 1. The predicted octanol–water partition coefficient (Wildman–Crippen LogP) is 4.05. The monoisotopic (exact) mass is 357 g/mol. The van der Waals surface area contributed by atoms with Crippen molar-refractivity contribution in [1.82, 2.24) is 9.55 Å². The van der Waals surface area contributed by atoms with Gasteiger partial charge in [-0.05, 0) is 42.3 Å². The highest BCUT2D eigenvalue weighted by Gasteiger charge is 2.06. The summed E-state index contributed by atoms with van der Waals surface area (Å²) in [5, 5.41) is 5.50. The molecule has 0 radical (unpaired) electrons. The highest BCUT2D eigenvalue weighted by atomic mass is 79.9. The minimum absolute atomic E-state index is 0.779. The zero-order valence-corrected chi connectivity index (χ0v) is 14.3. The van der Waals surface area contributed by atoms with Gasteiger partial charge in [-0.1, -0.05) is 0 Å². The first kappa shape index (κ1) is 15.5. The summed E-state index contributed by atoms with van der Waals surface area (Å²) in [5.41, 5.74) is 1.04. The van der Waals surface area contributed by atoms with E-state index in [1.165, 1.54) is 4.88 Å². The van der Waals surface area contributed by atoms with Crippen LogP contribution < -0.4 is 5.32 Å². The third-order valence-electron chi connectivity index (χ3n) is 2.83. The maximum atomic E-state index is 5.38. The molecule has 0 fully saturated rings. The van der Waals surface area contributed by atoms with Crippen molar-refractivity contribution in [2.24, 2.45) is 0 Å². The third kappa shape index (κ3) is 4.61. The van der Waals surface area contributed by atoms with Gasteiger partial charge in [-0.25, -0.2) is 4.98 Å². The van der Waals surface area contributed by atoms with Crippen LogP contribution in [0.3, 0.4) is 0 Å². The molecule has 0 saturated carbocycles. The summed E-state index contributed by atoms with van der Waals surface area (Å²) < 4.78 is 8.67. The molecule has 20 heavy (non-hydrogen) atoms. The van der Waals surface area contributed by atoms with E-state index in [0.29, 0.717) is 0 Å². The highest BCUT2D eigenvalue weighted by Crippen LogP contribution is 2.20. The number of aromatic nitrogens is 2. The number of ether oxygens (including phenoxy) is 1. The Kier molecular flexibility index (Phi) is 6.06. The van der Waals surface area contributed by atoms with Gasteiger partial charge in [-0.3, -0.25) is 0 Å². The summed E-state index contributed by atoms with van der Waals surface area (Å²) in [5.74, 6) is 0.934. The fraction of sp³-hybridized carbons (Fsp3) is 0.500. The second-order valence-corrected chi connectivity index (χ2v) is 6.45. The Hall–Kier alpha value is -0.850. The van der Waals surface area contributed by atoms with Crippen LogP contribution in [0, 0.1) is 6.92 Å². The van der Waals surface area contributed by atoms with Gasteiger partial charge in [0.1, 0.15) is 0 Å². The van der Waals surface area contributed by atoms with Gasteiger partial charge in [-0.2, -0.15) is 0 Å². The number of imidazole rings is 1. The van der Waals surface area contributed by atoms with E-state index < -0.39 is 0 Å². The lowest BCUT2D eigenvalue weighted by atomic mass is 10.4. The Balaban J connectivity index is 1.89. The molecule has 0 atom stereocenters. The number of nitrogens with zero attached hydrogens (tertiary/aromatic N) is 2. The van der Waals surface area contributed by atoms with Gasteiger partial charge in [0, 0.05) is 40.7 Å². The quantitative estimate of drug-likeness (QED) is 0.724. The molecule has 0 aliphatic carbocycles. The van der Waals surface area contributed by atoms with Crippen LogP contribution in [0.1, 0.15) is 23.9 Å². The summed E-state index contributed by atoms with van der Waals surface area (Å²) >= 11 is 5.21. The Morgan fingerprint density at radius 2 is 2.35 bits per heavy atom. The lowest BCUT2D eigenvalue weighted by molar-refractivity contribution is 0.142. The van der Waals surface area contributed by atoms with Crippen molar-refractivity contribution in [1.29, 1.82) is 0 Å². The SMILES string of the molecule is CCOCCCn1cc(C)nc1NCc1cc(Br)cs1. The Morgan fingerprint density at radius 1 is 1.50 bits per heavy atom. The summed E-state index contributed by atoms with van der Waals surface area (Å²) in [7, 11) is 0. The zero-order chi connectivity index (χ0) is 14.4. The molecule has 1 N–H and O–H groups in total. The van der Waals surface area contributed by atoms with Crippen LogP contribution in [0.15, 0.2) is 22.1 Å². The second-order valence-electron chi connectivity index (χ2n) is 4.53. The number of hydrogen-bond donors (Lipinski definition) is 1. The van der Waals surface area contributed by atoms with Gasteiger partial charge in [0.25, 0.3) is 0 Å². The number of hydrogen-bond acceptors (Lipinski definition) is 4. The Bertz CT molecular complexity index is 538. The van der Waals surface area contributed by atoms with Crippen LogP contribution in [0.4, 0.5) is 5.95 Å². The summed E-state index contributed by atoms with van der Waals surface area (Å²) in [6.07, 6.45) is 3.08. The number of anilines is 1. The molecule has 0 unspecified atom stereocenters. The van der Waals surface area contributed by atoms with Gasteiger partial charge in [0.2, 0.25) is 5.95 Å². The first-order chi connectivity index (χ1) is 9.69. The highest BCUT2D eigenvalue weighted by molar-refractivity contribution is 9.10. The summed E-state index contributed by atoms with van der Waals surface area (Å²) in [6.45, 7) is 7.35. The smallest absolute Gasteiger partial charge is 0.203 e. The normalized spacial score (nSPS) is 10.9.